The Labute approximate surface area is 171 Å². The number of halogens is 1. The summed E-state index contributed by atoms with van der Waals surface area (Å²) >= 11 is 0. The summed E-state index contributed by atoms with van der Waals surface area (Å²) in [5, 5.41) is 0. The van der Waals surface area contributed by atoms with Crippen LogP contribution in [0.15, 0.2) is 54.9 Å². The van der Waals surface area contributed by atoms with Gasteiger partial charge in [0.05, 0.1) is 24.8 Å². The lowest BCUT2D eigenvalue weighted by Crippen LogP contribution is -2.51. The van der Waals surface area contributed by atoms with Crippen LogP contribution in [-0.4, -0.2) is 66.2 Å². The first-order chi connectivity index (χ1) is 14.0. The van der Waals surface area contributed by atoms with Crippen LogP contribution in [-0.2, 0) is 6.54 Å². The van der Waals surface area contributed by atoms with Crippen LogP contribution in [0.1, 0.15) is 0 Å². The summed E-state index contributed by atoms with van der Waals surface area (Å²) in [7, 11) is 6.00. The summed E-state index contributed by atoms with van der Waals surface area (Å²) in [6, 6.07) is 14.9. The highest BCUT2D eigenvalue weighted by atomic mass is 19.1. The predicted molar refractivity (Wildman–Crippen MR) is 114 cm³/mol. The Kier molecular flexibility index (Phi) is 5.65. The highest BCUT2D eigenvalue weighted by Crippen LogP contribution is 2.33. The SMILES string of the molecule is COc1cccc(-c2ncn(CC3CN(C)CCN3C)c2-c2ccc(F)cc2)c1. The van der Waals surface area contributed by atoms with E-state index in [2.05, 4.69) is 28.5 Å². The number of benzene rings is 2. The van der Waals surface area contributed by atoms with E-state index in [0.717, 1.165) is 54.4 Å². The van der Waals surface area contributed by atoms with E-state index in [4.69, 9.17) is 9.72 Å². The third-order valence-electron chi connectivity index (χ3n) is 5.69. The molecule has 1 unspecified atom stereocenters. The third-order valence-corrected chi connectivity index (χ3v) is 5.69. The first-order valence-corrected chi connectivity index (χ1v) is 9.89. The van der Waals surface area contributed by atoms with E-state index < -0.39 is 0 Å². The maximum absolute atomic E-state index is 13.6. The zero-order valence-corrected chi connectivity index (χ0v) is 17.2. The van der Waals surface area contributed by atoms with Crippen LogP contribution in [0.2, 0.25) is 0 Å². The molecule has 0 aliphatic carbocycles. The fraction of sp³-hybridized carbons (Fsp3) is 0.348. The zero-order chi connectivity index (χ0) is 20.4. The molecule has 1 aliphatic rings. The van der Waals surface area contributed by atoms with Crippen molar-refractivity contribution in [2.24, 2.45) is 0 Å². The molecule has 0 saturated carbocycles. The minimum Gasteiger partial charge on any atom is -0.497 e. The van der Waals surface area contributed by atoms with E-state index in [-0.39, 0.29) is 5.82 Å². The van der Waals surface area contributed by atoms with Gasteiger partial charge in [-0.25, -0.2) is 9.37 Å². The van der Waals surface area contributed by atoms with Gasteiger partial charge in [-0.15, -0.1) is 0 Å². The predicted octanol–water partition coefficient (Wildman–Crippen LogP) is 3.61. The normalized spacial score (nSPS) is 18.1. The van der Waals surface area contributed by atoms with Gasteiger partial charge in [0.1, 0.15) is 11.6 Å². The number of rotatable bonds is 5. The third kappa shape index (κ3) is 4.18. The molecule has 2 aromatic carbocycles. The maximum atomic E-state index is 13.6. The molecule has 3 aromatic rings. The molecule has 6 heteroatoms. The monoisotopic (exact) mass is 394 g/mol. The Morgan fingerprint density at radius 1 is 1.07 bits per heavy atom. The number of piperazine rings is 1. The molecule has 0 N–H and O–H groups in total. The number of likely N-dealkylation sites (N-methyl/N-ethyl adjacent to an activating group) is 2. The first kappa shape index (κ1) is 19.6. The lowest BCUT2D eigenvalue weighted by molar-refractivity contribution is 0.103. The van der Waals surface area contributed by atoms with Crippen LogP contribution in [0.25, 0.3) is 22.5 Å². The van der Waals surface area contributed by atoms with E-state index >= 15 is 0 Å². The minimum absolute atomic E-state index is 0.239. The second kappa shape index (κ2) is 8.35. The lowest BCUT2D eigenvalue weighted by Gasteiger charge is -2.38. The van der Waals surface area contributed by atoms with Gasteiger partial charge in [0.25, 0.3) is 0 Å². The van der Waals surface area contributed by atoms with Crippen molar-refractivity contribution in [2.45, 2.75) is 12.6 Å². The lowest BCUT2D eigenvalue weighted by atomic mass is 10.0. The van der Waals surface area contributed by atoms with Crippen molar-refractivity contribution in [1.29, 1.82) is 0 Å². The van der Waals surface area contributed by atoms with E-state index in [1.807, 2.05) is 42.7 Å². The molecule has 5 nitrogen and oxygen atoms in total. The second-order valence-corrected chi connectivity index (χ2v) is 7.73. The van der Waals surface area contributed by atoms with Crippen LogP contribution in [0.4, 0.5) is 4.39 Å². The van der Waals surface area contributed by atoms with Crippen LogP contribution in [0, 0.1) is 5.82 Å². The smallest absolute Gasteiger partial charge is 0.123 e. The fourth-order valence-electron chi connectivity index (χ4n) is 3.94. The average Bonchev–Trinajstić information content (AvgIpc) is 3.15. The van der Waals surface area contributed by atoms with Gasteiger partial charge in [0, 0.05) is 43.3 Å². The van der Waals surface area contributed by atoms with Gasteiger partial charge in [-0.05, 0) is 50.5 Å². The minimum atomic E-state index is -0.239. The van der Waals surface area contributed by atoms with Crippen molar-refractivity contribution in [3.05, 3.63) is 60.7 Å². The molecular formula is C23H27FN4O. The Hall–Kier alpha value is -2.70. The number of imidazole rings is 1. The largest absolute Gasteiger partial charge is 0.497 e. The van der Waals surface area contributed by atoms with Crippen molar-refractivity contribution in [3.8, 4) is 28.3 Å². The average molecular weight is 394 g/mol. The van der Waals surface area contributed by atoms with Gasteiger partial charge in [-0.1, -0.05) is 12.1 Å². The molecule has 1 aliphatic heterocycles. The van der Waals surface area contributed by atoms with Gasteiger partial charge < -0.3 is 14.2 Å². The Morgan fingerprint density at radius 3 is 2.62 bits per heavy atom. The van der Waals surface area contributed by atoms with E-state index in [1.165, 1.54) is 12.1 Å². The van der Waals surface area contributed by atoms with Crippen molar-refractivity contribution < 1.29 is 9.13 Å². The molecule has 0 radical (unpaired) electrons. The molecule has 29 heavy (non-hydrogen) atoms. The molecule has 1 atom stereocenters. The summed E-state index contributed by atoms with van der Waals surface area (Å²) in [5.41, 5.74) is 3.81. The summed E-state index contributed by atoms with van der Waals surface area (Å²) in [6.07, 6.45) is 1.90. The molecule has 152 valence electrons. The van der Waals surface area contributed by atoms with Gasteiger partial charge in [0.15, 0.2) is 0 Å². The Bertz CT molecular complexity index is 969. The van der Waals surface area contributed by atoms with Crippen molar-refractivity contribution in [3.63, 3.8) is 0 Å². The molecule has 4 rings (SSSR count). The van der Waals surface area contributed by atoms with Crippen molar-refractivity contribution in [2.75, 3.05) is 40.8 Å². The van der Waals surface area contributed by atoms with Crippen molar-refractivity contribution >= 4 is 0 Å². The van der Waals surface area contributed by atoms with Crippen LogP contribution >= 0.6 is 0 Å². The summed E-state index contributed by atoms with van der Waals surface area (Å²) < 4.78 is 21.2. The molecule has 0 bridgehead atoms. The van der Waals surface area contributed by atoms with Crippen LogP contribution in [0.3, 0.4) is 0 Å². The van der Waals surface area contributed by atoms with Crippen LogP contribution < -0.4 is 4.74 Å². The van der Waals surface area contributed by atoms with Crippen LogP contribution in [0.5, 0.6) is 5.75 Å². The highest BCUT2D eigenvalue weighted by Gasteiger charge is 2.25. The molecule has 2 heterocycles. The molecule has 1 aromatic heterocycles. The fourth-order valence-corrected chi connectivity index (χ4v) is 3.94. The number of hydrogen-bond donors (Lipinski definition) is 0. The number of ether oxygens (including phenoxy) is 1. The van der Waals surface area contributed by atoms with Gasteiger partial charge >= 0.3 is 0 Å². The Balaban J connectivity index is 1.77. The first-order valence-electron chi connectivity index (χ1n) is 9.89. The quantitative estimate of drug-likeness (QED) is 0.662. The number of aromatic nitrogens is 2. The molecule has 0 amide bonds. The number of nitrogens with zero attached hydrogens (tertiary/aromatic N) is 4. The standard InChI is InChI=1S/C23H27FN4O/c1-26-11-12-27(2)20(14-26)15-28-16-25-22(18-5-4-6-21(13-18)29-3)23(28)17-7-9-19(24)10-8-17/h4-10,13,16,20H,11-12,14-15H2,1-3H3. The zero-order valence-electron chi connectivity index (χ0n) is 17.2. The number of methoxy groups -OCH3 is 1. The summed E-state index contributed by atoms with van der Waals surface area (Å²) in [6.45, 7) is 3.96. The second-order valence-electron chi connectivity index (χ2n) is 7.73. The topological polar surface area (TPSA) is 33.5 Å². The van der Waals surface area contributed by atoms with E-state index in [9.17, 15) is 4.39 Å². The van der Waals surface area contributed by atoms with Gasteiger partial charge in [-0.3, -0.25) is 4.90 Å². The molecular weight excluding hydrogens is 367 g/mol. The summed E-state index contributed by atoms with van der Waals surface area (Å²) in [4.78, 5) is 9.52. The Morgan fingerprint density at radius 2 is 1.86 bits per heavy atom. The van der Waals surface area contributed by atoms with Gasteiger partial charge in [-0.2, -0.15) is 0 Å². The molecule has 0 spiro atoms. The van der Waals surface area contributed by atoms with E-state index in [0.29, 0.717) is 6.04 Å². The van der Waals surface area contributed by atoms with Gasteiger partial charge in [0.2, 0.25) is 0 Å². The molecule has 1 saturated heterocycles. The van der Waals surface area contributed by atoms with Crippen molar-refractivity contribution in [1.82, 2.24) is 19.4 Å². The molecule has 1 fully saturated rings. The summed E-state index contributed by atoms with van der Waals surface area (Å²) in [5.74, 6) is 0.548. The maximum Gasteiger partial charge on any atom is 0.123 e. The van der Waals surface area contributed by atoms with E-state index in [1.54, 1.807) is 7.11 Å². The number of hydrogen-bond acceptors (Lipinski definition) is 4. The highest BCUT2D eigenvalue weighted by molar-refractivity contribution is 5.79.